The summed E-state index contributed by atoms with van der Waals surface area (Å²) in [6, 6.07) is 7.09. The second-order valence-electron chi connectivity index (χ2n) is 2.35. The summed E-state index contributed by atoms with van der Waals surface area (Å²) in [5.74, 6) is 0.329. The molecule has 0 unspecified atom stereocenters. The zero-order chi connectivity index (χ0) is 10.5. The summed E-state index contributed by atoms with van der Waals surface area (Å²) in [4.78, 5) is 0. The van der Waals surface area contributed by atoms with E-state index < -0.39 is 3.64 Å². The van der Waals surface area contributed by atoms with Gasteiger partial charge in [0.25, 0.3) is 0 Å². The van der Waals surface area contributed by atoms with E-state index in [0.717, 1.165) is 0 Å². The van der Waals surface area contributed by atoms with Gasteiger partial charge in [-0.05, 0) is 19.1 Å². The van der Waals surface area contributed by atoms with Crippen molar-refractivity contribution in [2.24, 2.45) is 0 Å². The van der Waals surface area contributed by atoms with E-state index in [1.54, 1.807) is 12.1 Å². The Morgan fingerprint density at radius 3 is 1.69 bits per heavy atom. The van der Waals surface area contributed by atoms with Crippen LogP contribution in [-0.2, 0) is 11.8 Å². The molecule has 0 saturated carbocycles. The Balaban J connectivity index is 0.000000252. The largest absolute Gasteiger partial charge is 0.508 e. The quantitative estimate of drug-likeness (QED) is 0.426. The van der Waals surface area contributed by atoms with Crippen molar-refractivity contribution in [1.29, 1.82) is 0 Å². The second kappa shape index (κ2) is 6.25. The lowest BCUT2D eigenvalue weighted by Crippen LogP contribution is -1.66. The molecule has 0 spiro atoms. The number of hydrogen-bond acceptors (Lipinski definition) is 2. The van der Waals surface area contributed by atoms with Crippen LogP contribution in [-0.4, -0.2) is 5.11 Å². The summed E-state index contributed by atoms with van der Waals surface area (Å²) in [6.07, 6.45) is 0. The molecule has 0 radical (unpaired) electrons. The zero-order valence-electron chi connectivity index (χ0n) is 6.95. The van der Waals surface area contributed by atoms with Crippen molar-refractivity contribution in [2.75, 3.05) is 0 Å². The molecule has 6 heteroatoms. The van der Waals surface area contributed by atoms with Crippen LogP contribution in [0.25, 0.3) is 0 Å². The first-order chi connectivity index (χ1) is 5.79. The van der Waals surface area contributed by atoms with Crippen molar-refractivity contribution in [2.45, 2.75) is 6.92 Å². The maximum absolute atomic E-state index is 8.76. The van der Waals surface area contributed by atoms with Gasteiger partial charge in [0.05, 0.1) is 0 Å². The van der Waals surface area contributed by atoms with Crippen molar-refractivity contribution < 1.29 is 5.11 Å². The van der Waals surface area contributed by atoms with E-state index in [2.05, 4.69) is 48.6 Å². The molecule has 1 N–H and O–H groups in total. The molecule has 0 saturated heterocycles. The van der Waals surface area contributed by atoms with Gasteiger partial charge < -0.3 is 5.11 Å². The van der Waals surface area contributed by atoms with Gasteiger partial charge in [0.1, 0.15) is 9.39 Å². The molecule has 0 bridgehead atoms. The van der Waals surface area contributed by atoms with Crippen molar-refractivity contribution in [3.05, 3.63) is 29.8 Å². The van der Waals surface area contributed by atoms with Gasteiger partial charge in [-0.25, -0.2) is 0 Å². The van der Waals surface area contributed by atoms with Gasteiger partial charge in [0.15, 0.2) is 0 Å². The van der Waals surface area contributed by atoms with Crippen LogP contribution in [0.15, 0.2) is 24.3 Å². The number of phenols is 1. The van der Waals surface area contributed by atoms with E-state index in [-0.39, 0.29) is 0 Å². The summed E-state index contributed by atoms with van der Waals surface area (Å²) in [5.41, 5.74) is 1.17. The first-order valence-electron chi connectivity index (χ1n) is 3.33. The third kappa shape index (κ3) is 12.7. The molecular formula is C7H11OPS4. The van der Waals surface area contributed by atoms with Gasteiger partial charge in [-0.2, -0.15) is 0 Å². The molecule has 0 amide bonds. The van der Waals surface area contributed by atoms with E-state index in [4.69, 9.17) is 5.11 Å². The minimum Gasteiger partial charge on any atom is -0.508 e. The Kier molecular flexibility index (Phi) is 6.60. The van der Waals surface area contributed by atoms with E-state index in [0.29, 0.717) is 5.75 Å². The Morgan fingerprint density at radius 2 is 1.46 bits per heavy atom. The fraction of sp³-hybridized carbons (Fsp3) is 0.143. The molecule has 1 aromatic carbocycles. The first-order valence-corrected chi connectivity index (χ1v) is 9.59. The van der Waals surface area contributed by atoms with Crippen LogP contribution in [0.4, 0.5) is 0 Å². The summed E-state index contributed by atoms with van der Waals surface area (Å²) in [6.45, 7) is 1.99. The van der Waals surface area contributed by atoms with Crippen molar-refractivity contribution in [3.63, 3.8) is 0 Å². The molecule has 1 aromatic rings. The zero-order valence-corrected chi connectivity index (χ0v) is 11.3. The molecule has 1 nitrogen and oxygen atoms in total. The molecule has 1 rings (SSSR count). The van der Waals surface area contributed by atoms with Crippen LogP contribution < -0.4 is 0 Å². The first kappa shape index (κ1) is 13.7. The standard InChI is InChI=1S/C7H8O.H3PS4/c1-6-2-4-7(8)5-3-6;2-1(3,4)5/h2-5,8H,1H3;(H3,2,3,4,5). The third-order valence-corrected chi connectivity index (χ3v) is 1.03. The molecule has 74 valence electrons. The normalized spacial score (nSPS) is 10.2. The number of hydrogen-bond donors (Lipinski definition) is 4. The fourth-order valence-corrected chi connectivity index (χ4v) is 0.545. The molecule has 13 heavy (non-hydrogen) atoms. The number of thiol groups is 3. The fourth-order valence-electron chi connectivity index (χ4n) is 0.545. The van der Waals surface area contributed by atoms with Crippen LogP contribution in [0.2, 0.25) is 0 Å². The highest BCUT2D eigenvalue weighted by molar-refractivity contribution is 9.14. The summed E-state index contributed by atoms with van der Waals surface area (Å²) in [5, 5.41) is 8.76. The van der Waals surface area contributed by atoms with Crippen LogP contribution in [0.1, 0.15) is 5.56 Å². The van der Waals surface area contributed by atoms with Crippen LogP contribution in [0, 0.1) is 6.92 Å². The topological polar surface area (TPSA) is 20.2 Å². The van der Waals surface area contributed by atoms with Crippen molar-refractivity contribution >= 4 is 52.2 Å². The Bertz CT molecular complexity index is 263. The summed E-state index contributed by atoms with van der Waals surface area (Å²) in [7, 11) is 0. The van der Waals surface area contributed by atoms with Crippen molar-refractivity contribution in [1.82, 2.24) is 0 Å². The van der Waals surface area contributed by atoms with E-state index >= 15 is 0 Å². The van der Waals surface area contributed by atoms with Gasteiger partial charge in [0, 0.05) is 0 Å². The highest BCUT2D eigenvalue weighted by Gasteiger charge is 1.87. The van der Waals surface area contributed by atoms with E-state index in [1.807, 2.05) is 19.1 Å². The highest BCUT2D eigenvalue weighted by Crippen LogP contribution is 2.60. The maximum atomic E-state index is 8.76. The van der Waals surface area contributed by atoms with Crippen molar-refractivity contribution in [3.8, 4) is 5.75 Å². The van der Waals surface area contributed by atoms with Gasteiger partial charge in [-0.15, -0.1) is 36.7 Å². The molecular weight excluding hydrogens is 259 g/mol. The summed E-state index contributed by atoms with van der Waals surface area (Å²) < 4.78 is -1.72. The molecule has 0 heterocycles. The molecule has 0 aliphatic rings. The van der Waals surface area contributed by atoms with Gasteiger partial charge in [-0.1, -0.05) is 29.5 Å². The monoisotopic (exact) mass is 270 g/mol. The number of aromatic hydroxyl groups is 1. The lowest BCUT2D eigenvalue weighted by molar-refractivity contribution is 0.475. The summed E-state index contributed by atoms with van der Waals surface area (Å²) >= 11 is 15.9. The second-order valence-corrected chi connectivity index (χ2v) is 15.7. The SMILES string of the molecule is Cc1ccc(O)cc1.S=P(S)(S)S. The minimum absolute atomic E-state index is 0.329. The molecule has 0 aliphatic heterocycles. The number of rotatable bonds is 0. The average Bonchev–Trinajstić information content (AvgIpc) is 1.92. The van der Waals surface area contributed by atoms with E-state index in [9.17, 15) is 0 Å². The number of aryl methyl sites for hydroxylation is 1. The third-order valence-electron chi connectivity index (χ3n) is 1.03. The number of benzene rings is 1. The van der Waals surface area contributed by atoms with Gasteiger partial charge >= 0.3 is 0 Å². The van der Waals surface area contributed by atoms with Crippen LogP contribution >= 0.6 is 40.4 Å². The van der Waals surface area contributed by atoms with Crippen LogP contribution in [0.5, 0.6) is 5.75 Å². The smallest absolute Gasteiger partial charge is 0.115 e. The van der Waals surface area contributed by atoms with Crippen LogP contribution in [0.3, 0.4) is 0 Å². The predicted molar refractivity (Wildman–Crippen MR) is 74.1 cm³/mol. The Labute approximate surface area is 99.4 Å². The van der Waals surface area contributed by atoms with Gasteiger partial charge in [-0.3, -0.25) is 0 Å². The van der Waals surface area contributed by atoms with E-state index in [1.165, 1.54) is 5.56 Å². The molecule has 0 atom stereocenters. The number of phenolic OH excluding ortho intramolecular Hbond substituents is 1. The maximum Gasteiger partial charge on any atom is 0.115 e. The Hall–Kier alpha value is 0.720. The minimum atomic E-state index is -1.72. The molecule has 0 fully saturated rings. The Morgan fingerprint density at radius 1 is 1.15 bits per heavy atom. The van der Waals surface area contributed by atoms with Gasteiger partial charge in [0.2, 0.25) is 0 Å². The lowest BCUT2D eigenvalue weighted by Gasteiger charge is -1.89. The lowest BCUT2D eigenvalue weighted by atomic mass is 10.2. The molecule has 0 aliphatic carbocycles. The predicted octanol–water partition coefficient (Wildman–Crippen LogP) is 3.70. The highest BCUT2D eigenvalue weighted by atomic mass is 33.5. The average molecular weight is 270 g/mol. The molecule has 0 aromatic heterocycles.